The molecule has 0 radical (unpaired) electrons. The van der Waals surface area contributed by atoms with Crippen LogP contribution in [0.3, 0.4) is 0 Å². The monoisotopic (exact) mass is 414 g/mol. The standard InChI is InChI=1S/C28H34N2O/c1-6-7-13-29(20-25-11-9-8-10-12-25)28(31)30(26-16-21(2)14-22(3)17-26)27-18-23(4)15-24(5)19-27/h8-12,14-19H,6-7,13,20H2,1-5H3. The van der Waals surface area contributed by atoms with Gasteiger partial charge in [-0.1, -0.05) is 55.8 Å². The first-order valence-corrected chi connectivity index (χ1v) is 11.2. The van der Waals surface area contributed by atoms with Crippen LogP contribution in [-0.4, -0.2) is 17.5 Å². The molecule has 0 bridgehead atoms. The molecule has 0 saturated heterocycles. The number of benzene rings is 3. The smallest absolute Gasteiger partial charge is 0.320 e. The van der Waals surface area contributed by atoms with Crippen molar-refractivity contribution >= 4 is 17.4 Å². The average Bonchev–Trinajstić information content (AvgIpc) is 2.70. The summed E-state index contributed by atoms with van der Waals surface area (Å²) in [6.07, 6.45) is 2.03. The van der Waals surface area contributed by atoms with Crippen molar-refractivity contribution in [2.75, 3.05) is 11.4 Å². The van der Waals surface area contributed by atoms with E-state index in [-0.39, 0.29) is 6.03 Å². The highest BCUT2D eigenvalue weighted by Gasteiger charge is 2.25. The van der Waals surface area contributed by atoms with Crippen LogP contribution in [0.2, 0.25) is 0 Å². The van der Waals surface area contributed by atoms with E-state index >= 15 is 0 Å². The van der Waals surface area contributed by atoms with E-state index < -0.39 is 0 Å². The minimum Gasteiger partial charge on any atom is -0.320 e. The number of hydrogen-bond acceptors (Lipinski definition) is 1. The molecule has 0 N–H and O–H groups in total. The molecular weight excluding hydrogens is 380 g/mol. The van der Waals surface area contributed by atoms with Gasteiger partial charge < -0.3 is 4.90 Å². The fourth-order valence-corrected chi connectivity index (χ4v) is 4.07. The Morgan fingerprint density at radius 3 is 1.68 bits per heavy atom. The summed E-state index contributed by atoms with van der Waals surface area (Å²) in [7, 11) is 0. The van der Waals surface area contributed by atoms with Gasteiger partial charge in [0, 0.05) is 13.1 Å². The number of anilines is 2. The van der Waals surface area contributed by atoms with Crippen LogP contribution in [0.1, 0.15) is 47.6 Å². The molecule has 0 atom stereocenters. The Labute approximate surface area is 187 Å². The summed E-state index contributed by atoms with van der Waals surface area (Å²) in [5, 5.41) is 0. The normalized spacial score (nSPS) is 10.7. The summed E-state index contributed by atoms with van der Waals surface area (Å²) in [6, 6.07) is 23.0. The first kappa shape index (κ1) is 22.6. The molecule has 3 aromatic rings. The third kappa shape index (κ3) is 5.97. The molecule has 162 valence electrons. The first-order valence-electron chi connectivity index (χ1n) is 11.2. The zero-order valence-electron chi connectivity index (χ0n) is 19.5. The van der Waals surface area contributed by atoms with Crippen molar-refractivity contribution in [3.63, 3.8) is 0 Å². The maximum atomic E-state index is 14.1. The number of unbranched alkanes of at least 4 members (excludes halogenated alkanes) is 1. The van der Waals surface area contributed by atoms with Gasteiger partial charge in [-0.3, -0.25) is 4.90 Å². The zero-order valence-corrected chi connectivity index (χ0v) is 19.5. The van der Waals surface area contributed by atoms with E-state index in [1.165, 1.54) is 0 Å². The summed E-state index contributed by atoms with van der Waals surface area (Å²) >= 11 is 0. The summed E-state index contributed by atoms with van der Waals surface area (Å²) in [5.41, 5.74) is 7.60. The fourth-order valence-electron chi connectivity index (χ4n) is 4.07. The predicted molar refractivity (Wildman–Crippen MR) is 131 cm³/mol. The van der Waals surface area contributed by atoms with E-state index in [4.69, 9.17) is 0 Å². The Hall–Kier alpha value is -3.07. The van der Waals surface area contributed by atoms with Gasteiger partial charge >= 0.3 is 6.03 Å². The van der Waals surface area contributed by atoms with Gasteiger partial charge in [-0.25, -0.2) is 4.79 Å². The van der Waals surface area contributed by atoms with Gasteiger partial charge in [-0.2, -0.15) is 0 Å². The lowest BCUT2D eigenvalue weighted by Gasteiger charge is -2.32. The average molecular weight is 415 g/mol. The Balaban J connectivity index is 2.07. The molecule has 3 rings (SSSR count). The molecule has 0 unspecified atom stereocenters. The number of urea groups is 1. The molecule has 0 aromatic heterocycles. The van der Waals surface area contributed by atoms with Gasteiger partial charge in [-0.05, 0) is 86.2 Å². The number of amides is 2. The lowest BCUT2D eigenvalue weighted by atomic mass is 10.1. The van der Waals surface area contributed by atoms with Crippen LogP contribution in [0.5, 0.6) is 0 Å². The van der Waals surface area contributed by atoms with Crippen LogP contribution in [0.25, 0.3) is 0 Å². The number of hydrogen-bond donors (Lipinski definition) is 0. The summed E-state index contributed by atoms with van der Waals surface area (Å²) < 4.78 is 0. The van der Waals surface area contributed by atoms with Crippen LogP contribution < -0.4 is 4.90 Å². The second-order valence-electron chi connectivity index (χ2n) is 8.57. The molecule has 0 saturated carbocycles. The van der Waals surface area contributed by atoms with Crippen LogP contribution in [0, 0.1) is 27.7 Å². The van der Waals surface area contributed by atoms with Gasteiger partial charge in [-0.15, -0.1) is 0 Å². The van der Waals surface area contributed by atoms with E-state index in [0.717, 1.165) is 58.6 Å². The van der Waals surface area contributed by atoms with E-state index in [9.17, 15) is 4.79 Å². The number of rotatable bonds is 7. The molecule has 0 fully saturated rings. The Bertz CT molecular complexity index is 934. The number of carbonyl (C=O) groups excluding carboxylic acids is 1. The molecule has 3 aromatic carbocycles. The van der Waals surface area contributed by atoms with Gasteiger partial charge in [0.05, 0.1) is 11.4 Å². The third-order valence-corrected chi connectivity index (χ3v) is 5.39. The summed E-state index contributed by atoms with van der Waals surface area (Å²) in [4.78, 5) is 17.9. The molecule has 0 aliphatic rings. The molecule has 3 nitrogen and oxygen atoms in total. The summed E-state index contributed by atoms with van der Waals surface area (Å²) in [5.74, 6) is 0. The van der Waals surface area contributed by atoms with Gasteiger partial charge in [0.1, 0.15) is 0 Å². The maximum absolute atomic E-state index is 14.1. The van der Waals surface area contributed by atoms with E-state index in [1.807, 2.05) is 28.0 Å². The van der Waals surface area contributed by atoms with E-state index in [0.29, 0.717) is 6.54 Å². The van der Waals surface area contributed by atoms with Crippen molar-refractivity contribution in [2.24, 2.45) is 0 Å². The van der Waals surface area contributed by atoms with Gasteiger partial charge in [0.15, 0.2) is 0 Å². The second kappa shape index (κ2) is 10.3. The molecule has 0 heterocycles. The number of carbonyl (C=O) groups is 1. The molecule has 0 aliphatic carbocycles. The largest absolute Gasteiger partial charge is 0.329 e. The maximum Gasteiger partial charge on any atom is 0.329 e. The van der Waals surface area contributed by atoms with E-state index in [2.05, 4.69) is 83.1 Å². The van der Waals surface area contributed by atoms with Crippen molar-refractivity contribution in [1.29, 1.82) is 0 Å². The second-order valence-corrected chi connectivity index (χ2v) is 8.57. The topological polar surface area (TPSA) is 23.6 Å². The van der Waals surface area contributed by atoms with Gasteiger partial charge in [0.25, 0.3) is 0 Å². The minimum atomic E-state index is 0.0207. The van der Waals surface area contributed by atoms with Crippen molar-refractivity contribution < 1.29 is 4.79 Å². The molecule has 31 heavy (non-hydrogen) atoms. The van der Waals surface area contributed by atoms with Crippen molar-refractivity contribution in [2.45, 2.75) is 54.0 Å². The summed E-state index contributed by atoms with van der Waals surface area (Å²) in [6.45, 7) is 11.8. The van der Waals surface area contributed by atoms with Crippen LogP contribution >= 0.6 is 0 Å². The highest BCUT2D eigenvalue weighted by molar-refractivity contribution is 5.99. The fraction of sp³-hybridized carbons (Fsp3) is 0.321. The Morgan fingerprint density at radius 1 is 0.742 bits per heavy atom. The van der Waals surface area contributed by atoms with E-state index in [1.54, 1.807) is 0 Å². The first-order chi connectivity index (χ1) is 14.9. The SMILES string of the molecule is CCCCN(Cc1ccccc1)C(=O)N(c1cc(C)cc(C)c1)c1cc(C)cc(C)c1. The highest BCUT2D eigenvalue weighted by Crippen LogP contribution is 2.31. The Morgan fingerprint density at radius 2 is 1.23 bits per heavy atom. The molecule has 0 spiro atoms. The van der Waals surface area contributed by atoms with Crippen LogP contribution in [0.15, 0.2) is 66.7 Å². The van der Waals surface area contributed by atoms with Crippen molar-refractivity contribution in [1.82, 2.24) is 4.90 Å². The molecular formula is C28H34N2O. The Kier molecular flexibility index (Phi) is 7.51. The van der Waals surface area contributed by atoms with Crippen molar-refractivity contribution in [3.05, 3.63) is 94.5 Å². The number of aryl methyl sites for hydroxylation is 4. The zero-order chi connectivity index (χ0) is 22.4. The minimum absolute atomic E-state index is 0.0207. The molecule has 3 heteroatoms. The lowest BCUT2D eigenvalue weighted by Crippen LogP contribution is -2.41. The third-order valence-electron chi connectivity index (χ3n) is 5.39. The van der Waals surface area contributed by atoms with Crippen LogP contribution in [-0.2, 0) is 6.54 Å². The van der Waals surface area contributed by atoms with Crippen molar-refractivity contribution in [3.8, 4) is 0 Å². The predicted octanol–water partition coefficient (Wildman–Crippen LogP) is 7.48. The van der Waals surface area contributed by atoms with Gasteiger partial charge in [0.2, 0.25) is 0 Å². The highest BCUT2D eigenvalue weighted by atomic mass is 16.2. The lowest BCUT2D eigenvalue weighted by molar-refractivity contribution is 0.203. The molecule has 2 amide bonds. The van der Waals surface area contributed by atoms with Crippen LogP contribution in [0.4, 0.5) is 16.2 Å². The quantitative estimate of drug-likeness (QED) is 0.393. The molecule has 0 aliphatic heterocycles. The number of nitrogens with zero attached hydrogens (tertiary/aromatic N) is 2.